The number of hydrogen-bond acceptors (Lipinski definition) is 6. The van der Waals surface area contributed by atoms with Gasteiger partial charge in [-0.25, -0.2) is 0 Å². The van der Waals surface area contributed by atoms with Crippen molar-refractivity contribution in [3.63, 3.8) is 0 Å². The summed E-state index contributed by atoms with van der Waals surface area (Å²) < 4.78 is 7.58. The largest absolute Gasteiger partial charge is 0.485 e. The molecule has 0 N–H and O–H groups in total. The van der Waals surface area contributed by atoms with Crippen molar-refractivity contribution in [1.82, 2.24) is 14.6 Å². The van der Waals surface area contributed by atoms with Crippen LogP contribution in [0.15, 0.2) is 63.7 Å². The molecular weight excluding hydrogens is 434 g/mol. The number of para-hydroxylation sites is 1. The molecule has 2 aromatic carbocycles. The second kappa shape index (κ2) is 7.76. The van der Waals surface area contributed by atoms with E-state index in [1.165, 1.54) is 4.52 Å². The number of rotatable bonds is 3. The van der Waals surface area contributed by atoms with E-state index in [9.17, 15) is 9.59 Å². The lowest BCUT2D eigenvalue weighted by molar-refractivity contribution is 0.259. The van der Waals surface area contributed by atoms with E-state index < -0.39 is 5.56 Å². The molecule has 2 aromatic heterocycles. The number of fused-ring (bicyclic) bond motifs is 2. The van der Waals surface area contributed by atoms with Gasteiger partial charge in [0.05, 0.1) is 4.53 Å². The Morgan fingerprint density at radius 1 is 1.16 bits per heavy atom. The highest BCUT2D eigenvalue weighted by molar-refractivity contribution is 7.15. The van der Waals surface area contributed by atoms with Gasteiger partial charge in [0.25, 0.3) is 11.1 Å². The fourth-order valence-electron chi connectivity index (χ4n) is 3.45. The highest BCUT2D eigenvalue weighted by Gasteiger charge is 2.18. The number of aromatic nitrogens is 3. The maximum atomic E-state index is 13.0. The number of ether oxygens (including phenoxy) is 1. The summed E-state index contributed by atoms with van der Waals surface area (Å²) in [6, 6.07) is 14.9. The fraction of sp³-hybridized carbons (Fsp3) is 0.130. The molecule has 0 bridgehead atoms. The standard InChI is InChI=1S/C23H16ClN3O3S/c1-13-16(10-15-7-3-5-9-19(15)30-13)12-20-22(29)27-23(31-20)25-21(28)18(26-27)11-14-6-2-4-8-17(14)24/h2-10,12-13H,11H2,1H3/t13-/m0/s1. The summed E-state index contributed by atoms with van der Waals surface area (Å²) in [5.74, 6) is 0.809. The molecule has 0 saturated carbocycles. The van der Waals surface area contributed by atoms with Crippen molar-refractivity contribution in [2.75, 3.05) is 0 Å². The monoisotopic (exact) mass is 449 g/mol. The Hall–Kier alpha value is -3.29. The summed E-state index contributed by atoms with van der Waals surface area (Å²) in [6.07, 6.45) is 3.77. The lowest BCUT2D eigenvalue weighted by Crippen LogP contribution is -2.29. The predicted octanol–water partition coefficient (Wildman–Crippen LogP) is 3.12. The van der Waals surface area contributed by atoms with Gasteiger partial charge in [-0.05, 0) is 42.3 Å². The molecule has 0 spiro atoms. The van der Waals surface area contributed by atoms with E-state index in [1.807, 2.05) is 55.5 Å². The van der Waals surface area contributed by atoms with Gasteiger partial charge < -0.3 is 4.74 Å². The van der Waals surface area contributed by atoms with Crippen LogP contribution < -0.4 is 20.4 Å². The fourth-order valence-corrected chi connectivity index (χ4v) is 4.55. The smallest absolute Gasteiger partial charge is 0.296 e. The second-order valence-electron chi connectivity index (χ2n) is 7.18. The van der Waals surface area contributed by atoms with Crippen molar-refractivity contribution >= 4 is 40.1 Å². The van der Waals surface area contributed by atoms with Gasteiger partial charge in [0, 0.05) is 17.0 Å². The summed E-state index contributed by atoms with van der Waals surface area (Å²) in [7, 11) is 0. The Morgan fingerprint density at radius 3 is 2.77 bits per heavy atom. The van der Waals surface area contributed by atoms with E-state index in [-0.39, 0.29) is 28.7 Å². The van der Waals surface area contributed by atoms with Gasteiger partial charge in [-0.15, -0.1) is 0 Å². The van der Waals surface area contributed by atoms with Crippen LogP contribution in [-0.2, 0) is 6.42 Å². The van der Waals surface area contributed by atoms with Crippen LogP contribution in [0.3, 0.4) is 0 Å². The van der Waals surface area contributed by atoms with Crippen LogP contribution in [0.1, 0.15) is 23.7 Å². The number of hydrogen-bond donors (Lipinski definition) is 0. The quantitative estimate of drug-likeness (QED) is 0.480. The molecule has 154 valence electrons. The van der Waals surface area contributed by atoms with Crippen molar-refractivity contribution in [2.24, 2.45) is 0 Å². The summed E-state index contributed by atoms with van der Waals surface area (Å²) in [4.78, 5) is 29.8. The average Bonchev–Trinajstić information content (AvgIpc) is 3.05. The Bertz CT molecular complexity index is 1520. The van der Waals surface area contributed by atoms with Gasteiger partial charge in [-0.3, -0.25) is 9.59 Å². The van der Waals surface area contributed by atoms with Gasteiger partial charge in [0.15, 0.2) is 0 Å². The maximum Gasteiger partial charge on any atom is 0.296 e. The summed E-state index contributed by atoms with van der Waals surface area (Å²) in [5.41, 5.74) is 1.96. The van der Waals surface area contributed by atoms with Gasteiger partial charge in [0.1, 0.15) is 17.5 Å². The van der Waals surface area contributed by atoms with Crippen LogP contribution in [-0.4, -0.2) is 20.7 Å². The van der Waals surface area contributed by atoms with Crippen molar-refractivity contribution in [3.05, 3.63) is 101 Å². The molecule has 1 aliphatic heterocycles. The van der Waals surface area contributed by atoms with Crippen LogP contribution >= 0.6 is 22.9 Å². The summed E-state index contributed by atoms with van der Waals surface area (Å²) in [6.45, 7) is 1.93. The lowest BCUT2D eigenvalue weighted by atomic mass is 10.0. The van der Waals surface area contributed by atoms with Crippen LogP contribution in [0.5, 0.6) is 5.75 Å². The second-order valence-corrected chi connectivity index (χ2v) is 8.60. The number of thiazole rings is 1. The van der Waals surface area contributed by atoms with Crippen molar-refractivity contribution in [1.29, 1.82) is 0 Å². The van der Waals surface area contributed by atoms with Crippen LogP contribution in [0, 0.1) is 0 Å². The number of halogens is 1. The van der Waals surface area contributed by atoms with E-state index in [1.54, 1.807) is 12.1 Å². The molecular formula is C23H16ClN3O3S. The van der Waals surface area contributed by atoms with E-state index >= 15 is 0 Å². The third-order valence-corrected chi connectivity index (χ3v) is 6.41. The zero-order valence-electron chi connectivity index (χ0n) is 16.4. The zero-order valence-corrected chi connectivity index (χ0v) is 18.0. The molecule has 0 aliphatic carbocycles. The Morgan fingerprint density at radius 2 is 1.94 bits per heavy atom. The molecule has 0 radical (unpaired) electrons. The molecule has 0 amide bonds. The number of benzene rings is 2. The molecule has 8 heteroatoms. The van der Waals surface area contributed by atoms with Gasteiger partial charge in [0.2, 0.25) is 4.96 Å². The third-order valence-electron chi connectivity index (χ3n) is 5.08. The van der Waals surface area contributed by atoms with Crippen molar-refractivity contribution in [2.45, 2.75) is 19.4 Å². The molecule has 6 nitrogen and oxygen atoms in total. The van der Waals surface area contributed by atoms with Crippen molar-refractivity contribution < 1.29 is 4.74 Å². The van der Waals surface area contributed by atoms with E-state index in [4.69, 9.17) is 16.3 Å². The summed E-state index contributed by atoms with van der Waals surface area (Å²) in [5, 5.41) is 4.83. The topological polar surface area (TPSA) is 73.6 Å². The third kappa shape index (κ3) is 3.66. The molecule has 1 aliphatic rings. The summed E-state index contributed by atoms with van der Waals surface area (Å²) >= 11 is 7.33. The first kappa shape index (κ1) is 19.7. The zero-order chi connectivity index (χ0) is 21.5. The Labute approximate surface area is 185 Å². The van der Waals surface area contributed by atoms with Gasteiger partial charge in [-0.1, -0.05) is 59.3 Å². The predicted molar refractivity (Wildman–Crippen MR) is 122 cm³/mol. The average molecular weight is 450 g/mol. The molecule has 0 fully saturated rings. The minimum absolute atomic E-state index is 0.176. The van der Waals surface area contributed by atoms with E-state index in [0.717, 1.165) is 33.8 Å². The molecule has 1 atom stereocenters. The minimum atomic E-state index is -0.463. The first-order valence-corrected chi connectivity index (χ1v) is 10.8. The molecule has 0 saturated heterocycles. The van der Waals surface area contributed by atoms with Gasteiger partial charge >= 0.3 is 0 Å². The molecule has 5 rings (SSSR count). The molecule has 3 heterocycles. The van der Waals surface area contributed by atoms with E-state index in [0.29, 0.717) is 9.55 Å². The van der Waals surface area contributed by atoms with Gasteiger partial charge in [-0.2, -0.15) is 14.6 Å². The normalized spacial score (nSPS) is 16.1. The Kier molecular flexibility index (Phi) is 4.92. The Balaban J connectivity index is 1.60. The maximum absolute atomic E-state index is 13.0. The van der Waals surface area contributed by atoms with E-state index in [2.05, 4.69) is 10.1 Å². The molecule has 31 heavy (non-hydrogen) atoms. The number of nitrogens with zero attached hydrogens (tertiary/aromatic N) is 3. The highest BCUT2D eigenvalue weighted by atomic mass is 35.5. The van der Waals surface area contributed by atoms with Crippen LogP contribution in [0.4, 0.5) is 0 Å². The lowest BCUT2D eigenvalue weighted by Gasteiger charge is -2.22. The van der Waals surface area contributed by atoms with Crippen molar-refractivity contribution in [3.8, 4) is 5.75 Å². The molecule has 4 aromatic rings. The van der Waals surface area contributed by atoms with Crippen LogP contribution in [0.25, 0.3) is 17.1 Å². The SMILES string of the molecule is C[C@@H]1Oc2ccccc2C=C1C=c1sc2nc(=O)c(Cc3ccccc3Cl)nn2c1=O. The first-order valence-electron chi connectivity index (χ1n) is 9.65. The first-order chi connectivity index (χ1) is 15.0. The minimum Gasteiger partial charge on any atom is -0.485 e. The van der Waals surface area contributed by atoms with Crippen LogP contribution in [0.2, 0.25) is 5.02 Å². The molecule has 0 unspecified atom stereocenters. The highest BCUT2D eigenvalue weighted by Crippen LogP contribution is 2.29.